The quantitative estimate of drug-likeness (QED) is 0.711. The Morgan fingerprint density at radius 1 is 1.27 bits per heavy atom. The van der Waals surface area contributed by atoms with Gasteiger partial charge in [-0.05, 0) is 37.5 Å². The highest BCUT2D eigenvalue weighted by molar-refractivity contribution is 4.77. The van der Waals surface area contributed by atoms with Crippen LogP contribution in [0.25, 0.3) is 0 Å². The molecule has 1 saturated carbocycles. The maximum absolute atomic E-state index is 8.94. The van der Waals surface area contributed by atoms with E-state index >= 15 is 0 Å². The SMILES string of the molecule is CCCC1CCC(NCC(C)CO)CC1. The van der Waals surface area contributed by atoms with Crippen LogP contribution in [0.15, 0.2) is 0 Å². The molecule has 0 spiro atoms. The number of aliphatic hydroxyl groups is 1. The Labute approximate surface area is 94.5 Å². The molecule has 2 nitrogen and oxygen atoms in total. The summed E-state index contributed by atoms with van der Waals surface area (Å²) < 4.78 is 0. The Morgan fingerprint density at radius 2 is 1.93 bits per heavy atom. The average Bonchev–Trinajstić information content (AvgIpc) is 2.28. The molecule has 0 aromatic rings. The lowest BCUT2D eigenvalue weighted by Crippen LogP contribution is -2.36. The topological polar surface area (TPSA) is 32.3 Å². The zero-order chi connectivity index (χ0) is 11.1. The van der Waals surface area contributed by atoms with E-state index in [1.54, 1.807) is 0 Å². The molecule has 15 heavy (non-hydrogen) atoms. The van der Waals surface area contributed by atoms with Gasteiger partial charge in [0.15, 0.2) is 0 Å². The zero-order valence-corrected chi connectivity index (χ0v) is 10.3. The van der Waals surface area contributed by atoms with E-state index in [9.17, 15) is 0 Å². The van der Waals surface area contributed by atoms with Crippen molar-refractivity contribution in [2.24, 2.45) is 11.8 Å². The number of rotatable bonds is 6. The monoisotopic (exact) mass is 213 g/mol. The van der Waals surface area contributed by atoms with Crippen LogP contribution in [0.5, 0.6) is 0 Å². The second kappa shape index (κ2) is 7.24. The molecule has 1 rings (SSSR count). The van der Waals surface area contributed by atoms with Crippen molar-refractivity contribution in [1.29, 1.82) is 0 Å². The van der Waals surface area contributed by atoms with Gasteiger partial charge < -0.3 is 10.4 Å². The fourth-order valence-corrected chi connectivity index (χ4v) is 2.50. The van der Waals surface area contributed by atoms with Gasteiger partial charge in [0.25, 0.3) is 0 Å². The van der Waals surface area contributed by atoms with Crippen LogP contribution in [0.3, 0.4) is 0 Å². The molecule has 0 bridgehead atoms. The summed E-state index contributed by atoms with van der Waals surface area (Å²) >= 11 is 0. The van der Waals surface area contributed by atoms with Gasteiger partial charge in [0.05, 0.1) is 0 Å². The smallest absolute Gasteiger partial charge is 0.0468 e. The number of hydrogen-bond acceptors (Lipinski definition) is 2. The van der Waals surface area contributed by atoms with Crippen LogP contribution in [-0.4, -0.2) is 24.3 Å². The number of aliphatic hydroxyl groups excluding tert-OH is 1. The van der Waals surface area contributed by atoms with E-state index in [2.05, 4.69) is 19.2 Å². The largest absolute Gasteiger partial charge is 0.396 e. The Balaban J connectivity index is 2.09. The van der Waals surface area contributed by atoms with E-state index in [1.807, 2.05) is 0 Å². The van der Waals surface area contributed by atoms with Crippen molar-refractivity contribution in [3.8, 4) is 0 Å². The molecule has 0 radical (unpaired) electrons. The second-order valence-electron chi connectivity index (χ2n) is 5.20. The summed E-state index contributed by atoms with van der Waals surface area (Å²) in [6.07, 6.45) is 8.23. The Kier molecular flexibility index (Phi) is 6.26. The van der Waals surface area contributed by atoms with Crippen LogP contribution < -0.4 is 5.32 Å². The lowest BCUT2D eigenvalue weighted by Gasteiger charge is -2.29. The van der Waals surface area contributed by atoms with E-state index in [0.717, 1.165) is 12.5 Å². The summed E-state index contributed by atoms with van der Waals surface area (Å²) in [5, 5.41) is 12.5. The highest BCUT2D eigenvalue weighted by atomic mass is 16.3. The number of nitrogens with one attached hydrogen (secondary N) is 1. The predicted octanol–water partition coefficient (Wildman–Crippen LogP) is 2.56. The van der Waals surface area contributed by atoms with E-state index in [-0.39, 0.29) is 0 Å². The van der Waals surface area contributed by atoms with Gasteiger partial charge in [-0.1, -0.05) is 26.7 Å². The molecule has 0 aliphatic heterocycles. The second-order valence-corrected chi connectivity index (χ2v) is 5.20. The number of hydrogen-bond donors (Lipinski definition) is 2. The van der Waals surface area contributed by atoms with Crippen molar-refractivity contribution in [2.45, 2.75) is 58.4 Å². The normalized spacial score (nSPS) is 29.0. The first-order chi connectivity index (χ1) is 7.26. The minimum atomic E-state index is 0.304. The fraction of sp³-hybridized carbons (Fsp3) is 1.00. The molecule has 1 aliphatic rings. The summed E-state index contributed by atoms with van der Waals surface area (Å²) in [5.41, 5.74) is 0. The van der Waals surface area contributed by atoms with E-state index in [4.69, 9.17) is 5.11 Å². The molecule has 2 N–H and O–H groups in total. The molecule has 1 unspecified atom stereocenters. The highest BCUT2D eigenvalue weighted by Gasteiger charge is 2.20. The van der Waals surface area contributed by atoms with E-state index in [1.165, 1.54) is 38.5 Å². The van der Waals surface area contributed by atoms with Gasteiger partial charge in [-0.15, -0.1) is 0 Å². The van der Waals surface area contributed by atoms with Crippen LogP contribution in [-0.2, 0) is 0 Å². The third-order valence-electron chi connectivity index (χ3n) is 3.61. The maximum atomic E-state index is 8.94. The van der Waals surface area contributed by atoms with Crippen molar-refractivity contribution in [1.82, 2.24) is 5.32 Å². The van der Waals surface area contributed by atoms with Crippen molar-refractivity contribution < 1.29 is 5.11 Å². The lowest BCUT2D eigenvalue weighted by molar-refractivity contribution is 0.217. The van der Waals surface area contributed by atoms with Gasteiger partial charge >= 0.3 is 0 Å². The van der Waals surface area contributed by atoms with Crippen molar-refractivity contribution in [3.05, 3.63) is 0 Å². The minimum absolute atomic E-state index is 0.304. The Hall–Kier alpha value is -0.0800. The van der Waals surface area contributed by atoms with Crippen LogP contribution in [0.1, 0.15) is 52.4 Å². The molecule has 1 atom stereocenters. The predicted molar refractivity (Wildman–Crippen MR) is 64.9 cm³/mol. The third kappa shape index (κ3) is 4.98. The van der Waals surface area contributed by atoms with Gasteiger partial charge in [0.2, 0.25) is 0 Å². The van der Waals surface area contributed by atoms with Crippen LogP contribution >= 0.6 is 0 Å². The Bertz CT molecular complexity index is 153. The molecule has 0 amide bonds. The van der Waals surface area contributed by atoms with Crippen molar-refractivity contribution in [3.63, 3.8) is 0 Å². The summed E-state index contributed by atoms with van der Waals surface area (Å²) in [5.74, 6) is 1.39. The van der Waals surface area contributed by atoms with E-state index < -0.39 is 0 Å². The first-order valence-corrected chi connectivity index (χ1v) is 6.60. The zero-order valence-electron chi connectivity index (χ0n) is 10.3. The summed E-state index contributed by atoms with van der Waals surface area (Å²) in [4.78, 5) is 0. The maximum Gasteiger partial charge on any atom is 0.0468 e. The molecular weight excluding hydrogens is 186 g/mol. The van der Waals surface area contributed by atoms with Crippen molar-refractivity contribution >= 4 is 0 Å². The molecule has 1 aliphatic carbocycles. The van der Waals surface area contributed by atoms with Gasteiger partial charge in [0.1, 0.15) is 0 Å². The van der Waals surface area contributed by atoms with Gasteiger partial charge in [-0.3, -0.25) is 0 Å². The molecule has 90 valence electrons. The summed E-state index contributed by atoms with van der Waals surface area (Å²) in [6.45, 7) is 5.65. The van der Waals surface area contributed by atoms with Gasteiger partial charge in [-0.2, -0.15) is 0 Å². The molecule has 2 heteroatoms. The lowest BCUT2D eigenvalue weighted by atomic mass is 9.83. The molecule has 0 heterocycles. The van der Waals surface area contributed by atoms with E-state index in [0.29, 0.717) is 18.6 Å². The van der Waals surface area contributed by atoms with Crippen LogP contribution in [0, 0.1) is 11.8 Å². The third-order valence-corrected chi connectivity index (χ3v) is 3.61. The molecule has 0 aromatic carbocycles. The molecule has 0 saturated heterocycles. The van der Waals surface area contributed by atoms with Crippen molar-refractivity contribution in [2.75, 3.05) is 13.2 Å². The molecule has 1 fully saturated rings. The summed E-state index contributed by atoms with van der Waals surface area (Å²) in [7, 11) is 0. The first kappa shape index (κ1) is 13.0. The first-order valence-electron chi connectivity index (χ1n) is 6.60. The van der Waals surface area contributed by atoms with Crippen LogP contribution in [0.2, 0.25) is 0 Å². The standard InChI is InChI=1S/C13H27NO/c1-3-4-12-5-7-13(8-6-12)14-9-11(2)10-15/h11-15H,3-10H2,1-2H3. The highest BCUT2D eigenvalue weighted by Crippen LogP contribution is 2.27. The average molecular weight is 213 g/mol. The Morgan fingerprint density at radius 3 is 2.47 bits per heavy atom. The molecular formula is C13H27NO. The van der Waals surface area contributed by atoms with Gasteiger partial charge in [0, 0.05) is 19.2 Å². The minimum Gasteiger partial charge on any atom is -0.396 e. The van der Waals surface area contributed by atoms with Crippen LogP contribution in [0.4, 0.5) is 0 Å². The fourth-order valence-electron chi connectivity index (χ4n) is 2.50. The molecule has 0 aromatic heterocycles. The summed E-state index contributed by atoms with van der Waals surface area (Å²) in [6, 6.07) is 0.715. The van der Waals surface area contributed by atoms with Gasteiger partial charge in [-0.25, -0.2) is 0 Å².